The first-order valence-corrected chi connectivity index (χ1v) is 5.88. The van der Waals surface area contributed by atoms with E-state index in [-0.39, 0.29) is 24.9 Å². The van der Waals surface area contributed by atoms with Crippen LogP contribution in [0.3, 0.4) is 0 Å². The smallest absolute Gasteiger partial charge is 0.348 e. The molecule has 0 aliphatic carbocycles. The molecule has 3 heterocycles. The number of hydrogen-bond acceptors (Lipinski definition) is 9. The molecule has 3 aliphatic heterocycles. The van der Waals surface area contributed by atoms with E-state index in [4.69, 9.17) is 11.5 Å². The Balaban J connectivity index is 2.20. The fourth-order valence-corrected chi connectivity index (χ4v) is 3.21. The molecular weight excluding hydrogens is 256 g/mol. The van der Waals surface area contributed by atoms with Crippen LogP contribution in [0, 0.1) is 5.21 Å². The molecule has 19 heavy (non-hydrogen) atoms. The fraction of sp³-hybridized carbons (Fsp3) is 0.778. The van der Waals surface area contributed by atoms with E-state index in [0.717, 1.165) is 0 Å². The van der Waals surface area contributed by atoms with Crippen molar-refractivity contribution in [3.63, 3.8) is 0 Å². The van der Waals surface area contributed by atoms with Crippen molar-refractivity contribution in [1.29, 1.82) is 0 Å². The van der Waals surface area contributed by atoms with Gasteiger partial charge in [-0.2, -0.15) is 0 Å². The Bertz CT molecular complexity index is 491. The Kier molecular flexibility index (Phi) is 2.20. The van der Waals surface area contributed by atoms with E-state index in [0.29, 0.717) is 4.74 Å². The molecule has 0 radical (unpaired) electrons. The average Bonchev–Trinajstić information content (AvgIpc) is 2.80. The van der Waals surface area contributed by atoms with Crippen LogP contribution in [-0.2, 0) is 0 Å². The topological polar surface area (TPSA) is 166 Å². The molecule has 0 aromatic rings. The van der Waals surface area contributed by atoms with Gasteiger partial charge in [0.05, 0.1) is 13.2 Å². The zero-order valence-corrected chi connectivity index (χ0v) is 10.0. The summed E-state index contributed by atoms with van der Waals surface area (Å²) in [4.78, 5) is 5.38. The van der Waals surface area contributed by atoms with Crippen molar-refractivity contribution in [3.05, 3.63) is 5.21 Å². The molecule has 1 fully saturated rings. The Morgan fingerprint density at radius 3 is 2.84 bits per heavy atom. The van der Waals surface area contributed by atoms with E-state index in [2.05, 4.69) is 10.3 Å². The third-order valence-corrected chi connectivity index (χ3v) is 4.10. The van der Waals surface area contributed by atoms with Crippen molar-refractivity contribution in [1.82, 2.24) is 10.2 Å². The van der Waals surface area contributed by atoms with Gasteiger partial charge in [0.25, 0.3) is 0 Å². The molecular formula is C9H16N6O4. The van der Waals surface area contributed by atoms with Crippen LogP contribution in [0.1, 0.15) is 6.42 Å². The maximum absolute atomic E-state index is 12.0. The van der Waals surface area contributed by atoms with Crippen molar-refractivity contribution in [3.8, 4) is 0 Å². The number of nitrogens with zero attached hydrogens (tertiary/aromatic N) is 3. The van der Waals surface area contributed by atoms with Crippen LogP contribution in [0.15, 0.2) is 4.99 Å². The quantitative estimate of drug-likeness (QED) is 0.158. The highest BCUT2D eigenvalue weighted by molar-refractivity contribution is 5.85. The van der Waals surface area contributed by atoms with E-state index in [9.17, 15) is 20.5 Å². The Labute approximate surface area is 108 Å². The van der Waals surface area contributed by atoms with E-state index in [1.165, 1.54) is 4.90 Å². The monoisotopic (exact) mass is 272 g/mol. The summed E-state index contributed by atoms with van der Waals surface area (Å²) in [5.41, 5.74) is 9.85. The molecule has 10 heteroatoms. The van der Waals surface area contributed by atoms with Gasteiger partial charge in [-0.15, -0.1) is 0 Å². The third-order valence-electron chi connectivity index (χ3n) is 4.10. The molecule has 8 N–H and O–H groups in total. The van der Waals surface area contributed by atoms with Gasteiger partial charge in [-0.05, 0) is 0 Å². The summed E-state index contributed by atoms with van der Waals surface area (Å²) in [6, 6.07) is -1.96. The van der Waals surface area contributed by atoms with Gasteiger partial charge in [0, 0.05) is 6.42 Å². The second-order valence-electron chi connectivity index (χ2n) is 5.00. The molecule has 0 aromatic carbocycles. The first kappa shape index (κ1) is 12.3. The van der Waals surface area contributed by atoms with E-state index >= 15 is 0 Å². The first-order valence-electron chi connectivity index (χ1n) is 5.88. The number of aliphatic hydroxyl groups is 3. The van der Waals surface area contributed by atoms with Gasteiger partial charge in [-0.1, -0.05) is 0 Å². The molecule has 2 unspecified atom stereocenters. The minimum atomic E-state index is -2.17. The summed E-state index contributed by atoms with van der Waals surface area (Å²) in [5.74, 6) is -2.38. The summed E-state index contributed by atoms with van der Waals surface area (Å²) < 4.78 is 0.439. The second kappa shape index (κ2) is 3.40. The first-order chi connectivity index (χ1) is 8.85. The van der Waals surface area contributed by atoms with Crippen molar-refractivity contribution in [2.45, 2.75) is 30.0 Å². The van der Waals surface area contributed by atoms with E-state index in [1.807, 2.05) is 0 Å². The Morgan fingerprint density at radius 2 is 2.21 bits per heavy atom. The zero-order valence-electron chi connectivity index (χ0n) is 10.0. The van der Waals surface area contributed by atoms with Crippen LogP contribution in [0.25, 0.3) is 0 Å². The lowest BCUT2D eigenvalue weighted by atomic mass is 9.86. The summed E-state index contributed by atoms with van der Waals surface area (Å²) >= 11 is 0. The van der Waals surface area contributed by atoms with Gasteiger partial charge in [0.1, 0.15) is 6.04 Å². The number of hydrogen-bond donors (Lipinski definition) is 6. The largest absolute Gasteiger partial charge is 0.744 e. The van der Waals surface area contributed by atoms with Crippen LogP contribution < -0.4 is 16.8 Å². The number of aliphatic imine (C=N–C) groups is 1. The van der Waals surface area contributed by atoms with Gasteiger partial charge in [-0.3, -0.25) is 10.5 Å². The van der Waals surface area contributed by atoms with Gasteiger partial charge < -0.3 is 31.6 Å². The summed E-state index contributed by atoms with van der Waals surface area (Å²) in [5, 5.41) is 44.6. The summed E-state index contributed by atoms with van der Waals surface area (Å²) in [7, 11) is 0. The molecule has 3 aliphatic rings. The van der Waals surface area contributed by atoms with Crippen LogP contribution >= 0.6 is 0 Å². The minimum absolute atomic E-state index is 0.0218. The lowest BCUT2D eigenvalue weighted by molar-refractivity contribution is -0.529. The van der Waals surface area contributed by atoms with Crippen molar-refractivity contribution in [2.24, 2.45) is 16.5 Å². The number of guanidine groups is 2. The van der Waals surface area contributed by atoms with Crippen LogP contribution in [0.4, 0.5) is 0 Å². The predicted molar refractivity (Wildman–Crippen MR) is 63.5 cm³/mol. The summed E-state index contributed by atoms with van der Waals surface area (Å²) in [6.45, 7) is -0.360. The lowest BCUT2D eigenvalue weighted by Crippen LogP contribution is -2.79. The highest BCUT2D eigenvalue weighted by Gasteiger charge is 2.73. The molecule has 106 valence electrons. The van der Waals surface area contributed by atoms with Crippen LogP contribution in [-0.4, -0.2) is 73.6 Å². The maximum atomic E-state index is 12.0. The van der Waals surface area contributed by atoms with Crippen molar-refractivity contribution >= 4 is 11.9 Å². The standard InChI is InChI=1S/C9H16N6O4/c10-6-12-5-4(3-16)15(19)7(11)14-2-1-8(17,18)9(5,14)13-6/h4-5,16-18H,1-3,11H2,(H3,10,12,13)/t4-,5?,9?/m0/s1. The number of rotatable bonds is 1. The number of nitrogens with two attached hydrogens (primary N) is 2. The number of nitrogens with one attached hydrogen (secondary N) is 1. The lowest BCUT2D eigenvalue weighted by Gasteiger charge is -2.47. The van der Waals surface area contributed by atoms with E-state index in [1.54, 1.807) is 0 Å². The number of hydroxylamine groups is 1. The molecule has 3 atom stereocenters. The Morgan fingerprint density at radius 1 is 1.53 bits per heavy atom. The van der Waals surface area contributed by atoms with Gasteiger partial charge >= 0.3 is 5.96 Å². The maximum Gasteiger partial charge on any atom is 0.348 e. The SMILES string of the molecule is NC1=NC2[C@H](CO)[N+]([O-])=C(N)N3CCC(O)(O)C23N1. The molecule has 1 saturated heterocycles. The highest BCUT2D eigenvalue weighted by Crippen LogP contribution is 2.43. The normalized spacial score (nSPS) is 39.7. The molecule has 1 spiro atoms. The fourth-order valence-electron chi connectivity index (χ4n) is 3.21. The highest BCUT2D eigenvalue weighted by atomic mass is 16.5. The predicted octanol–water partition coefficient (Wildman–Crippen LogP) is -4.44. The minimum Gasteiger partial charge on any atom is -0.744 e. The molecule has 10 nitrogen and oxygen atoms in total. The Hall–Kier alpha value is -1.78. The third kappa shape index (κ3) is 1.20. The molecule has 0 bridgehead atoms. The zero-order chi connectivity index (χ0) is 14.0. The van der Waals surface area contributed by atoms with E-state index < -0.39 is 30.1 Å². The van der Waals surface area contributed by atoms with Crippen LogP contribution in [0.5, 0.6) is 0 Å². The van der Waals surface area contributed by atoms with Crippen molar-refractivity contribution < 1.29 is 20.1 Å². The summed E-state index contributed by atoms with van der Waals surface area (Å²) in [6.07, 6.45) is -0.0218. The van der Waals surface area contributed by atoms with Gasteiger partial charge in [0.15, 0.2) is 12.0 Å². The van der Waals surface area contributed by atoms with Gasteiger partial charge in [0.2, 0.25) is 11.4 Å². The van der Waals surface area contributed by atoms with Crippen LogP contribution in [0.2, 0.25) is 0 Å². The molecule has 3 rings (SSSR count). The number of aliphatic hydroxyl groups excluding tert-OH is 1. The second-order valence-corrected chi connectivity index (χ2v) is 5.00. The molecule has 0 aromatic heterocycles. The van der Waals surface area contributed by atoms with Gasteiger partial charge in [-0.25, -0.2) is 9.89 Å². The molecule has 0 saturated carbocycles. The van der Waals surface area contributed by atoms with Crippen molar-refractivity contribution in [2.75, 3.05) is 13.2 Å². The average molecular weight is 272 g/mol. The molecule has 0 amide bonds.